The lowest BCUT2D eigenvalue weighted by molar-refractivity contribution is 0.201. The molecular formula is C17H31N5S. The molecule has 1 saturated heterocycles. The van der Waals surface area contributed by atoms with Crippen molar-refractivity contribution >= 4 is 17.3 Å². The van der Waals surface area contributed by atoms with Gasteiger partial charge in [0.2, 0.25) is 0 Å². The number of nitrogens with zero attached hydrogens (tertiary/aromatic N) is 3. The second-order valence-corrected chi connectivity index (χ2v) is 7.78. The Hall–Kier alpha value is -1.14. The molecule has 0 aromatic carbocycles. The number of guanidine groups is 1. The Morgan fingerprint density at radius 2 is 2.13 bits per heavy atom. The van der Waals surface area contributed by atoms with Gasteiger partial charge in [-0.05, 0) is 38.8 Å². The highest BCUT2D eigenvalue weighted by atomic mass is 32.1. The van der Waals surface area contributed by atoms with Gasteiger partial charge in [0.1, 0.15) is 0 Å². The maximum atomic E-state index is 4.39. The molecule has 2 heterocycles. The van der Waals surface area contributed by atoms with Crippen LogP contribution >= 0.6 is 11.3 Å². The Bertz CT molecular complexity index is 479. The highest BCUT2D eigenvalue weighted by Crippen LogP contribution is 2.11. The first-order valence-corrected chi connectivity index (χ1v) is 9.57. The molecule has 23 heavy (non-hydrogen) atoms. The largest absolute Gasteiger partial charge is 0.356 e. The van der Waals surface area contributed by atoms with Gasteiger partial charge in [0.05, 0.1) is 5.01 Å². The Morgan fingerprint density at radius 3 is 2.78 bits per heavy atom. The molecule has 0 aliphatic carbocycles. The van der Waals surface area contributed by atoms with Crippen LogP contribution in [0.15, 0.2) is 11.2 Å². The number of rotatable bonds is 7. The van der Waals surface area contributed by atoms with Crippen molar-refractivity contribution in [3.8, 4) is 0 Å². The van der Waals surface area contributed by atoms with Crippen LogP contribution in [0.3, 0.4) is 0 Å². The van der Waals surface area contributed by atoms with Crippen molar-refractivity contribution < 1.29 is 0 Å². The molecule has 1 aromatic rings. The monoisotopic (exact) mass is 337 g/mol. The lowest BCUT2D eigenvalue weighted by Crippen LogP contribution is -2.42. The number of thiazole rings is 1. The average Bonchev–Trinajstić information content (AvgIpc) is 2.97. The van der Waals surface area contributed by atoms with Crippen molar-refractivity contribution in [3.05, 3.63) is 16.1 Å². The Balaban J connectivity index is 1.61. The molecule has 1 fully saturated rings. The highest BCUT2D eigenvalue weighted by Gasteiger charge is 2.13. The van der Waals surface area contributed by atoms with Gasteiger partial charge in [-0.2, -0.15) is 0 Å². The van der Waals surface area contributed by atoms with Gasteiger partial charge < -0.3 is 15.5 Å². The smallest absolute Gasteiger partial charge is 0.190 e. The van der Waals surface area contributed by atoms with Crippen molar-refractivity contribution in [2.24, 2.45) is 10.9 Å². The molecule has 0 saturated carbocycles. The molecule has 2 rings (SSSR count). The summed E-state index contributed by atoms with van der Waals surface area (Å²) in [4.78, 5) is 12.6. The van der Waals surface area contributed by atoms with E-state index in [9.17, 15) is 0 Å². The molecule has 6 heteroatoms. The van der Waals surface area contributed by atoms with E-state index in [1.165, 1.54) is 48.8 Å². The van der Waals surface area contributed by atoms with Crippen molar-refractivity contribution in [1.82, 2.24) is 20.5 Å². The number of nitrogens with one attached hydrogen (secondary N) is 2. The molecule has 1 aromatic heterocycles. The number of aromatic nitrogens is 1. The fourth-order valence-corrected chi connectivity index (χ4v) is 3.73. The van der Waals surface area contributed by atoms with Crippen LogP contribution < -0.4 is 10.6 Å². The Labute approximate surface area is 144 Å². The first-order valence-electron chi connectivity index (χ1n) is 8.75. The summed E-state index contributed by atoms with van der Waals surface area (Å²) in [5.74, 6) is 1.53. The summed E-state index contributed by atoms with van der Waals surface area (Å²) >= 11 is 1.77. The van der Waals surface area contributed by atoms with Crippen molar-refractivity contribution in [2.75, 3.05) is 39.8 Å². The van der Waals surface area contributed by atoms with Crippen LogP contribution in [0.1, 0.15) is 36.1 Å². The van der Waals surface area contributed by atoms with E-state index in [-0.39, 0.29) is 0 Å². The highest BCUT2D eigenvalue weighted by molar-refractivity contribution is 7.11. The molecule has 130 valence electrons. The first-order chi connectivity index (χ1) is 11.2. The van der Waals surface area contributed by atoms with Crippen molar-refractivity contribution in [2.45, 2.75) is 39.5 Å². The van der Waals surface area contributed by atoms with Crippen LogP contribution in [-0.2, 0) is 6.42 Å². The normalized spacial score (nSPS) is 18.0. The zero-order valence-corrected chi connectivity index (χ0v) is 15.6. The third kappa shape index (κ3) is 6.87. The maximum absolute atomic E-state index is 4.39. The van der Waals surface area contributed by atoms with Gasteiger partial charge in [0, 0.05) is 44.2 Å². The summed E-state index contributed by atoms with van der Waals surface area (Å²) in [6.07, 6.45) is 7.01. The molecular weight excluding hydrogens is 306 g/mol. The van der Waals surface area contributed by atoms with Crippen LogP contribution in [-0.4, -0.2) is 55.6 Å². The fourth-order valence-electron chi connectivity index (χ4n) is 2.94. The molecule has 0 amide bonds. The van der Waals surface area contributed by atoms with Crippen LogP contribution in [0.4, 0.5) is 0 Å². The Morgan fingerprint density at radius 1 is 1.35 bits per heavy atom. The molecule has 1 atom stereocenters. The molecule has 0 spiro atoms. The van der Waals surface area contributed by atoms with Gasteiger partial charge in [0.15, 0.2) is 5.96 Å². The van der Waals surface area contributed by atoms with E-state index in [1.807, 2.05) is 13.2 Å². The summed E-state index contributed by atoms with van der Waals surface area (Å²) in [5, 5.41) is 8.01. The number of hydrogen-bond acceptors (Lipinski definition) is 4. The minimum Gasteiger partial charge on any atom is -0.356 e. The molecule has 0 radical (unpaired) electrons. The number of likely N-dealkylation sites (tertiary alicyclic amines) is 1. The van der Waals surface area contributed by atoms with E-state index in [0.717, 1.165) is 25.5 Å². The second kappa shape index (κ2) is 9.88. The SMILES string of the molecule is CN=C(NCCc1ncc(C)s1)NCC(C)CN1CCCCC1. The number of piperidine rings is 1. The van der Waals surface area contributed by atoms with Gasteiger partial charge in [-0.1, -0.05) is 13.3 Å². The third-order valence-electron chi connectivity index (χ3n) is 4.16. The molecule has 5 nitrogen and oxygen atoms in total. The summed E-state index contributed by atoms with van der Waals surface area (Å²) in [6, 6.07) is 0. The summed E-state index contributed by atoms with van der Waals surface area (Å²) in [5.41, 5.74) is 0. The average molecular weight is 338 g/mol. The minimum atomic E-state index is 0.633. The molecule has 1 unspecified atom stereocenters. The second-order valence-electron chi connectivity index (χ2n) is 6.46. The van der Waals surface area contributed by atoms with Gasteiger partial charge in [-0.3, -0.25) is 4.99 Å². The lowest BCUT2D eigenvalue weighted by Gasteiger charge is -2.29. The van der Waals surface area contributed by atoms with Gasteiger partial charge in [-0.15, -0.1) is 11.3 Å². The van der Waals surface area contributed by atoms with Gasteiger partial charge >= 0.3 is 0 Å². The van der Waals surface area contributed by atoms with Crippen LogP contribution in [0, 0.1) is 12.8 Å². The van der Waals surface area contributed by atoms with E-state index in [1.54, 1.807) is 11.3 Å². The van der Waals surface area contributed by atoms with Gasteiger partial charge in [-0.25, -0.2) is 4.98 Å². The number of aryl methyl sites for hydroxylation is 1. The van der Waals surface area contributed by atoms with E-state index in [0.29, 0.717) is 5.92 Å². The van der Waals surface area contributed by atoms with Crippen LogP contribution in [0.25, 0.3) is 0 Å². The van der Waals surface area contributed by atoms with Crippen molar-refractivity contribution in [1.29, 1.82) is 0 Å². The quantitative estimate of drug-likeness (QED) is 0.592. The van der Waals surface area contributed by atoms with Crippen LogP contribution in [0.5, 0.6) is 0 Å². The van der Waals surface area contributed by atoms with Gasteiger partial charge in [0.25, 0.3) is 0 Å². The standard InChI is InChI=1S/C17H31N5S/c1-14(13-22-9-5-4-6-10-22)11-21-17(18-3)19-8-7-16-20-12-15(2)23-16/h12,14H,4-11,13H2,1-3H3,(H2,18,19,21). The van der Waals surface area contributed by atoms with E-state index < -0.39 is 0 Å². The van der Waals surface area contributed by atoms with Crippen molar-refractivity contribution in [3.63, 3.8) is 0 Å². The zero-order chi connectivity index (χ0) is 16.5. The topological polar surface area (TPSA) is 52.6 Å². The number of aliphatic imine (C=N–C) groups is 1. The predicted octanol–water partition coefficient (Wildman–Crippen LogP) is 2.28. The maximum Gasteiger partial charge on any atom is 0.190 e. The predicted molar refractivity (Wildman–Crippen MR) is 99.4 cm³/mol. The molecule has 1 aliphatic rings. The zero-order valence-electron chi connectivity index (χ0n) is 14.8. The van der Waals surface area contributed by atoms with E-state index in [2.05, 4.69) is 39.4 Å². The molecule has 2 N–H and O–H groups in total. The van der Waals surface area contributed by atoms with E-state index in [4.69, 9.17) is 0 Å². The summed E-state index contributed by atoms with van der Waals surface area (Å²) < 4.78 is 0. The van der Waals surface area contributed by atoms with Crippen LogP contribution in [0.2, 0.25) is 0 Å². The van der Waals surface area contributed by atoms with E-state index >= 15 is 0 Å². The lowest BCUT2D eigenvalue weighted by atomic mass is 10.1. The molecule has 0 bridgehead atoms. The Kier molecular flexibility index (Phi) is 7.82. The summed E-state index contributed by atoms with van der Waals surface area (Å²) in [6.45, 7) is 9.96. The first kappa shape index (κ1) is 18.2. The fraction of sp³-hybridized carbons (Fsp3) is 0.765. The number of hydrogen-bond donors (Lipinski definition) is 2. The molecule has 1 aliphatic heterocycles. The third-order valence-corrected chi connectivity index (χ3v) is 5.13. The minimum absolute atomic E-state index is 0.633. The summed E-state index contributed by atoms with van der Waals surface area (Å²) in [7, 11) is 1.83.